The Balaban J connectivity index is 1.80. The molecule has 2 unspecified atom stereocenters. The first-order valence-electron chi connectivity index (χ1n) is 8.49. The van der Waals surface area contributed by atoms with Gasteiger partial charge in [-0.1, -0.05) is 13.8 Å². The highest BCUT2D eigenvalue weighted by atomic mass is 16.1. The third kappa shape index (κ3) is 4.94. The summed E-state index contributed by atoms with van der Waals surface area (Å²) in [6.45, 7) is 11.7. The summed E-state index contributed by atoms with van der Waals surface area (Å²) in [4.78, 5) is 17.2. The van der Waals surface area contributed by atoms with Crippen molar-refractivity contribution in [3.8, 4) is 0 Å². The molecule has 2 aliphatic heterocycles. The van der Waals surface area contributed by atoms with Gasteiger partial charge in [-0.15, -0.1) is 0 Å². The van der Waals surface area contributed by atoms with Gasteiger partial charge in [0, 0.05) is 45.3 Å². The molecular weight excluding hydrogens is 264 g/mol. The van der Waals surface area contributed by atoms with Gasteiger partial charge in [0.15, 0.2) is 0 Å². The fourth-order valence-electron chi connectivity index (χ4n) is 3.37. The molecule has 0 bridgehead atoms. The second-order valence-electron chi connectivity index (χ2n) is 6.94. The third-order valence-corrected chi connectivity index (χ3v) is 4.93. The number of nitrogens with one attached hydrogen (secondary N) is 2. The molecule has 2 rings (SSSR count). The Labute approximate surface area is 129 Å². The average Bonchev–Trinajstić information content (AvgIpc) is 2.49. The molecular formula is C16H32N4O. The lowest BCUT2D eigenvalue weighted by atomic mass is 9.97. The summed E-state index contributed by atoms with van der Waals surface area (Å²) in [5.74, 6) is 0.971. The van der Waals surface area contributed by atoms with Gasteiger partial charge < -0.3 is 15.5 Å². The zero-order valence-electron chi connectivity index (χ0n) is 13.9. The minimum Gasteiger partial charge on any atom is -0.354 e. The normalized spacial score (nSPS) is 26.8. The molecule has 5 heteroatoms. The van der Waals surface area contributed by atoms with E-state index < -0.39 is 0 Å². The minimum absolute atomic E-state index is 0.166. The molecule has 0 aromatic carbocycles. The molecule has 2 heterocycles. The summed E-state index contributed by atoms with van der Waals surface area (Å²) in [6, 6.07) is 0.458. The smallest absolute Gasteiger partial charge is 0.224 e. The number of hydrogen-bond acceptors (Lipinski definition) is 4. The van der Waals surface area contributed by atoms with Crippen molar-refractivity contribution in [3.05, 3.63) is 0 Å². The lowest BCUT2D eigenvalue weighted by Gasteiger charge is -2.40. The first kappa shape index (κ1) is 16.7. The summed E-state index contributed by atoms with van der Waals surface area (Å²) >= 11 is 0. The van der Waals surface area contributed by atoms with E-state index in [4.69, 9.17) is 0 Å². The van der Waals surface area contributed by atoms with Crippen molar-refractivity contribution in [2.24, 2.45) is 11.8 Å². The van der Waals surface area contributed by atoms with Gasteiger partial charge >= 0.3 is 0 Å². The fraction of sp³-hybridized carbons (Fsp3) is 0.938. The monoisotopic (exact) mass is 296 g/mol. The maximum Gasteiger partial charge on any atom is 0.224 e. The Hall–Kier alpha value is -0.650. The second kappa shape index (κ2) is 8.11. The highest BCUT2D eigenvalue weighted by Crippen LogP contribution is 2.14. The van der Waals surface area contributed by atoms with Crippen LogP contribution in [0.25, 0.3) is 0 Å². The Bertz CT molecular complexity index is 320. The first-order valence-corrected chi connectivity index (χ1v) is 8.49. The molecule has 0 aliphatic carbocycles. The van der Waals surface area contributed by atoms with Crippen LogP contribution in [0, 0.1) is 11.8 Å². The molecule has 1 amide bonds. The SMILES string of the molecule is CC(C)C(CNC(=O)C1CCCNC1)N1CCN(C)CC1. The van der Waals surface area contributed by atoms with Crippen LogP contribution in [0.2, 0.25) is 0 Å². The van der Waals surface area contributed by atoms with E-state index >= 15 is 0 Å². The van der Waals surface area contributed by atoms with Gasteiger partial charge in [0.1, 0.15) is 0 Å². The van der Waals surface area contributed by atoms with E-state index in [1.807, 2.05) is 0 Å². The quantitative estimate of drug-likeness (QED) is 0.770. The van der Waals surface area contributed by atoms with E-state index in [1.54, 1.807) is 0 Å². The molecule has 0 aromatic rings. The number of amides is 1. The van der Waals surface area contributed by atoms with Gasteiger partial charge in [-0.3, -0.25) is 9.69 Å². The number of piperazine rings is 1. The van der Waals surface area contributed by atoms with Gasteiger partial charge in [0.25, 0.3) is 0 Å². The third-order valence-electron chi connectivity index (χ3n) is 4.93. The molecule has 2 fully saturated rings. The number of likely N-dealkylation sites (N-methyl/N-ethyl adjacent to an activating group) is 1. The summed E-state index contributed by atoms with van der Waals surface area (Å²) in [5.41, 5.74) is 0. The van der Waals surface area contributed by atoms with Crippen molar-refractivity contribution in [1.29, 1.82) is 0 Å². The van der Waals surface area contributed by atoms with Crippen molar-refractivity contribution in [2.75, 3.05) is 52.9 Å². The number of carbonyl (C=O) groups excluding carboxylic acids is 1. The highest BCUT2D eigenvalue weighted by molar-refractivity contribution is 5.79. The van der Waals surface area contributed by atoms with Gasteiger partial charge in [0.2, 0.25) is 5.91 Å². The number of hydrogen-bond donors (Lipinski definition) is 2. The van der Waals surface area contributed by atoms with Crippen LogP contribution in [0.4, 0.5) is 0 Å². The summed E-state index contributed by atoms with van der Waals surface area (Å²) in [7, 11) is 2.18. The topological polar surface area (TPSA) is 47.6 Å². The van der Waals surface area contributed by atoms with E-state index in [0.29, 0.717) is 12.0 Å². The Morgan fingerprint density at radius 1 is 1.29 bits per heavy atom. The van der Waals surface area contributed by atoms with Crippen LogP contribution in [0.3, 0.4) is 0 Å². The largest absolute Gasteiger partial charge is 0.354 e. The van der Waals surface area contributed by atoms with Crippen LogP contribution < -0.4 is 10.6 Å². The molecule has 2 atom stereocenters. The van der Waals surface area contributed by atoms with Crippen molar-refractivity contribution >= 4 is 5.91 Å². The van der Waals surface area contributed by atoms with E-state index in [1.165, 1.54) is 0 Å². The molecule has 0 radical (unpaired) electrons. The lowest BCUT2D eigenvalue weighted by molar-refractivity contribution is -0.125. The molecule has 0 spiro atoms. The molecule has 2 aliphatic rings. The van der Waals surface area contributed by atoms with Crippen molar-refractivity contribution in [3.63, 3.8) is 0 Å². The molecule has 122 valence electrons. The van der Waals surface area contributed by atoms with Gasteiger partial charge in [-0.2, -0.15) is 0 Å². The Morgan fingerprint density at radius 3 is 2.57 bits per heavy atom. The molecule has 0 aromatic heterocycles. The summed E-state index contributed by atoms with van der Waals surface area (Å²) < 4.78 is 0. The molecule has 21 heavy (non-hydrogen) atoms. The van der Waals surface area contributed by atoms with E-state index in [-0.39, 0.29) is 11.8 Å². The van der Waals surface area contributed by atoms with Crippen LogP contribution >= 0.6 is 0 Å². The van der Waals surface area contributed by atoms with Crippen molar-refractivity contribution in [1.82, 2.24) is 20.4 Å². The number of rotatable bonds is 5. The second-order valence-corrected chi connectivity index (χ2v) is 6.94. The van der Waals surface area contributed by atoms with Crippen LogP contribution in [-0.2, 0) is 4.79 Å². The number of piperidine rings is 1. The maximum absolute atomic E-state index is 12.3. The number of nitrogens with zero attached hydrogens (tertiary/aromatic N) is 2. The molecule has 0 saturated carbocycles. The van der Waals surface area contributed by atoms with Gasteiger partial charge in [-0.25, -0.2) is 0 Å². The van der Waals surface area contributed by atoms with E-state index in [2.05, 4.69) is 41.3 Å². The van der Waals surface area contributed by atoms with Gasteiger partial charge in [0.05, 0.1) is 5.92 Å². The first-order chi connectivity index (χ1) is 10.1. The Morgan fingerprint density at radius 2 is 2.00 bits per heavy atom. The molecule has 5 nitrogen and oxygen atoms in total. The zero-order valence-corrected chi connectivity index (χ0v) is 13.9. The fourth-order valence-corrected chi connectivity index (χ4v) is 3.37. The van der Waals surface area contributed by atoms with Crippen LogP contribution in [0.1, 0.15) is 26.7 Å². The van der Waals surface area contributed by atoms with Crippen LogP contribution in [0.5, 0.6) is 0 Å². The average molecular weight is 296 g/mol. The maximum atomic E-state index is 12.3. The van der Waals surface area contributed by atoms with E-state index in [9.17, 15) is 4.79 Å². The van der Waals surface area contributed by atoms with Crippen LogP contribution in [-0.4, -0.2) is 74.6 Å². The lowest BCUT2D eigenvalue weighted by Crippen LogP contribution is -2.55. The Kier molecular flexibility index (Phi) is 6.45. The van der Waals surface area contributed by atoms with Crippen molar-refractivity contribution < 1.29 is 4.79 Å². The summed E-state index contributed by atoms with van der Waals surface area (Å²) in [6.07, 6.45) is 2.14. The summed E-state index contributed by atoms with van der Waals surface area (Å²) in [5, 5.41) is 6.53. The van der Waals surface area contributed by atoms with E-state index in [0.717, 1.165) is 58.7 Å². The molecule has 2 saturated heterocycles. The standard InChI is InChI=1S/C16H32N4O/c1-13(2)15(20-9-7-19(3)8-10-20)12-18-16(21)14-5-4-6-17-11-14/h13-15,17H,4-12H2,1-3H3,(H,18,21). The number of carbonyl (C=O) groups is 1. The predicted molar refractivity (Wildman–Crippen MR) is 86.3 cm³/mol. The highest BCUT2D eigenvalue weighted by Gasteiger charge is 2.27. The molecule has 2 N–H and O–H groups in total. The predicted octanol–water partition coefficient (Wildman–Crippen LogP) is 0.374. The minimum atomic E-state index is 0.166. The van der Waals surface area contributed by atoms with Crippen LogP contribution in [0.15, 0.2) is 0 Å². The van der Waals surface area contributed by atoms with Gasteiger partial charge in [-0.05, 0) is 32.4 Å². The zero-order chi connectivity index (χ0) is 15.2. The van der Waals surface area contributed by atoms with Crippen molar-refractivity contribution in [2.45, 2.75) is 32.7 Å².